The van der Waals surface area contributed by atoms with E-state index in [2.05, 4.69) is 10.3 Å². The summed E-state index contributed by atoms with van der Waals surface area (Å²) in [7, 11) is 0. The quantitative estimate of drug-likeness (QED) is 0.817. The lowest BCUT2D eigenvalue weighted by Crippen LogP contribution is -2.33. The van der Waals surface area contributed by atoms with E-state index in [1.807, 2.05) is 48.7 Å². The van der Waals surface area contributed by atoms with E-state index in [0.717, 1.165) is 37.9 Å². The lowest BCUT2D eigenvalue weighted by Gasteiger charge is -2.21. The van der Waals surface area contributed by atoms with Crippen LogP contribution in [0.2, 0.25) is 0 Å². The molecule has 1 aliphatic heterocycles. The van der Waals surface area contributed by atoms with Crippen molar-refractivity contribution < 1.29 is 9.59 Å². The van der Waals surface area contributed by atoms with Crippen molar-refractivity contribution in [3.8, 4) is 0 Å². The first-order valence-electron chi connectivity index (χ1n) is 9.86. The van der Waals surface area contributed by atoms with E-state index in [1.165, 1.54) is 5.56 Å². The maximum Gasteiger partial charge on any atom is 0.289 e. The third-order valence-electron chi connectivity index (χ3n) is 5.12. The summed E-state index contributed by atoms with van der Waals surface area (Å²) in [6.07, 6.45) is 3.60. The minimum Gasteiger partial charge on any atom is -0.350 e. The van der Waals surface area contributed by atoms with Crippen molar-refractivity contribution in [2.75, 3.05) is 19.6 Å². The molecule has 2 aromatic rings. The smallest absolute Gasteiger partial charge is 0.289 e. The molecule has 27 heavy (non-hydrogen) atoms. The van der Waals surface area contributed by atoms with Gasteiger partial charge in [0.1, 0.15) is 5.69 Å². The molecule has 2 heterocycles. The summed E-state index contributed by atoms with van der Waals surface area (Å²) in [6, 6.07) is 10.1. The maximum absolute atomic E-state index is 12.8. The highest BCUT2D eigenvalue weighted by molar-refractivity contribution is 5.97. The summed E-state index contributed by atoms with van der Waals surface area (Å²) >= 11 is 0. The maximum atomic E-state index is 12.8. The van der Waals surface area contributed by atoms with Gasteiger partial charge < -0.3 is 14.8 Å². The topological polar surface area (TPSA) is 67.2 Å². The van der Waals surface area contributed by atoms with Crippen LogP contribution < -0.4 is 5.32 Å². The molecule has 0 fully saturated rings. The molecule has 0 atom stereocenters. The second-order valence-electron chi connectivity index (χ2n) is 6.81. The molecule has 6 nitrogen and oxygen atoms in total. The zero-order chi connectivity index (χ0) is 19.2. The van der Waals surface area contributed by atoms with E-state index in [1.54, 1.807) is 4.90 Å². The van der Waals surface area contributed by atoms with Gasteiger partial charge in [0.25, 0.3) is 11.8 Å². The van der Waals surface area contributed by atoms with E-state index >= 15 is 0 Å². The molecule has 0 saturated carbocycles. The van der Waals surface area contributed by atoms with E-state index in [9.17, 15) is 9.59 Å². The highest BCUT2D eigenvalue weighted by atomic mass is 16.2. The zero-order valence-electron chi connectivity index (χ0n) is 16.2. The van der Waals surface area contributed by atoms with Gasteiger partial charge >= 0.3 is 0 Å². The molecule has 0 unspecified atom stereocenters. The second kappa shape index (κ2) is 8.84. The number of carbonyl (C=O) groups is 2. The number of hydrogen-bond acceptors (Lipinski definition) is 3. The molecule has 1 aliphatic rings. The Morgan fingerprint density at radius 3 is 2.59 bits per heavy atom. The van der Waals surface area contributed by atoms with Crippen molar-refractivity contribution in [1.82, 2.24) is 19.8 Å². The van der Waals surface area contributed by atoms with E-state index in [0.29, 0.717) is 31.2 Å². The number of nitrogens with one attached hydrogen (secondary N) is 1. The molecular formula is C21H28N4O2. The Bertz CT molecular complexity index is 794. The van der Waals surface area contributed by atoms with Gasteiger partial charge in [-0.2, -0.15) is 0 Å². The normalized spacial score (nSPS) is 13.1. The largest absolute Gasteiger partial charge is 0.350 e. The van der Waals surface area contributed by atoms with E-state index in [-0.39, 0.29) is 11.8 Å². The molecular weight excluding hydrogens is 340 g/mol. The Hall–Kier alpha value is -2.63. The Labute approximate surface area is 160 Å². The summed E-state index contributed by atoms with van der Waals surface area (Å²) in [5.74, 6) is 0.128. The van der Waals surface area contributed by atoms with Gasteiger partial charge in [-0.1, -0.05) is 30.3 Å². The van der Waals surface area contributed by atoms with Crippen LogP contribution in [-0.4, -0.2) is 45.9 Å². The van der Waals surface area contributed by atoms with Crippen LogP contribution in [0.4, 0.5) is 0 Å². The monoisotopic (exact) mass is 368 g/mol. The predicted molar refractivity (Wildman–Crippen MR) is 105 cm³/mol. The number of carbonyl (C=O) groups excluding carboxylic acids is 2. The van der Waals surface area contributed by atoms with Crippen LogP contribution >= 0.6 is 0 Å². The van der Waals surface area contributed by atoms with E-state index < -0.39 is 0 Å². The highest BCUT2D eigenvalue weighted by Crippen LogP contribution is 2.22. The molecule has 1 N–H and O–H groups in total. The number of benzene rings is 1. The number of rotatable bonds is 7. The van der Waals surface area contributed by atoms with Crippen molar-refractivity contribution in [2.45, 2.75) is 46.1 Å². The summed E-state index contributed by atoms with van der Waals surface area (Å²) < 4.78 is 1.95. The van der Waals surface area contributed by atoms with Crippen molar-refractivity contribution in [3.05, 3.63) is 53.1 Å². The number of hydrogen-bond donors (Lipinski definition) is 1. The van der Waals surface area contributed by atoms with Crippen molar-refractivity contribution in [1.29, 1.82) is 0 Å². The molecule has 0 radical (unpaired) electrons. The van der Waals surface area contributed by atoms with Crippen LogP contribution in [0.15, 0.2) is 30.3 Å². The van der Waals surface area contributed by atoms with Crippen molar-refractivity contribution >= 4 is 11.8 Å². The standard InChI is InChI=1S/C21H28N4O2/c1-3-24(4-2)21(27)19-23-18(17-12-8-9-15-25(17)19)20(26)22-14-13-16-10-6-5-7-11-16/h5-7,10-11H,3-4,8-9,12-15H2,1-2H3,(H,22,26). The molecule has 0 saturated heterocycles. The Morgan fingerprint density at radius 2 is 1.89 bits per heavy atom. The van der Waals surface area contributed by atoms with Crippen LogP contribution in [0.1, 0.15) is 59.1 Å². The number of nitrogens with zero attached hydrogens (tertiary/aromatic N) is 3. The molecule has 144 valence electrons. The first kappa shape index (κ1) is 19.1. The Kier molecular flexibility index (Phi) is 6.27. The van der Waals surface area contributed by atoms with Crippen molar-refractivity contribution in [3.63, 3.8) is 0 Å². The van der Waals surface area contributed by atoms with Gasteiger partial charge in [-0.25, -0.2) is 4.98 Å². The molecule has 0 aliphatic carbocycles. The summed E-state index contributed by atoms with van der Waals surface area (Å²) in [5.41, 5.74) is 2.49. The average Bonchev–Trinajstić information content (AvgIpc) is 3.09. The number of aromatic nitrogens is 2. The second-order valence-corrected chi connectivity index (χ2v) is 6.81. The van der Waals surface area contributed by atoms with Crippen LogP contribution in [0.3, 0.4) is 0 Å². The average molecular weight is 368 g/mol. The fourth-order valence-electron chi connectivity index (χ4n) is 3.59. The Balaban J connectivity index is 1.76. The molecule has 6 heteroatoms. The van der Waals surface area contributed by atoms with Gasteiger partial charge in [0.15, 0.2) is 5.82 Å². The molecule has 0 bridgehead atoms. The summed E-state index contributed by atoms with van der Waals surface area (Å²) in [6.45, 7) is 6.49. The number of amides is 2. The van der Waals surface area contributed by atoms with Crippen LogP contribution in [-0.2, 0) is 19.4 Å². The lowest BCUT2D eigenvalue weighted by molar-refractivity contribution is 0.0754. The molecule has 0 spiro atoms. The van der Waals surface area contributed by atoms with Gasteiger partial charge in [0.05, 0.1) is 5.69 Å². The third kappa shape index (κ3) is 4.21. The van der Waals surface area contributed by atoms with Gasteiger partial charge in [0, 0.05) is 26.2 Å². The molecule has 1 aromatic carbocycles. The minimum atomic E-state index is -0.185. The first-order chi connectivity index (χ1) is 13.2. The predicted octanol–water partition coefficient (Wildman–Crippen LogP) is 2.67. The summed E-state index contributed by atoms with van der Waals surface area (Å²) in [5, 5.41) is 2.97. The number of fused-ring (bicyclic) bond motifs is 1. The Morgan fingerprint density at radius 1 is 1.15 bits per heavy atom. The fraction of sp³-hybridized carbons (Fsp3) is 0.476. The fourth-order valence-corrected chi connectivity index (χ4v) is 3.59. The van der Waals surface area contributed by atoms with Gasteiger partial charge in [-0.15, -0.1) is 0 Å². The number of imidazole rings is 1. The summed E-state index contributed by atoms with van der Waals surface area (Å²) in [4.78, 5) is 31.8. The van der Waals surface area contributed by atoms with E-state index in [4.69, 9.17) is 0 Å². The van der Waals surface area contributed by atoms with Crippen molar-refractivity contribution in [2.24, 2.45) is 0 Å². The molecule has 3 rings (SSSR count). The minimum absolute atomic E-state index is 0.0912. The van der Waals surface area contributed by atoms with Crippen LogP contribution in [0.25, 0.3) is 0 Å². The molecule has 1 aromatic heterocycles. The third-order valence-corrected chi connectivity index (χ3v) is 5.12. The van der Waals surface area contributed by atoms with Crippen LogP contribution in [0, 0.1) is 0 Å². The zero-order valence-corrected chi connectivity index (χ0v) is 16.2. The van der Waals surface area contributed by atoms with Gasteiger partial charge in [-0.3, -0.25) is 9.59 Å². The SMILES string of the molecule is CCN(CC)C(=O)c1nc(C(=O)NCCc2ccccc2)c2n1CCCC2. The molecule has 2 amide bonds. The first-order valence-corrected chi connectivity index (χ1v) is 9.86. The van der Waals surface area contributed by atoms with Gasteiger partial charge in [0.2, 0.25) is 0 Å². The lowest BCUT2D eigenvalue weighted by atomic mass is 10.1. The van der Waals surface area contributed by atoms with Crippen LogP contribution in [0.5, 0.6) is 0 Å². The highest BCUT2D eigenvalue weighted by Gasteiger charge is 2.28. The van der Waals surface area contributed by atoms with Gasteiger partial charge in [-0.05, 0) is 45.1 Å².